The molecular weight excluding hydrogens is 351 g/mol. The Balaban J connectivity index is 1.53. The van der Waals surface area contributed by atoms with Crippen LogP contribution in [0.3, 0.4) is 0 Å². The lowest BCUT2D eigenvalue weighted by molar-refractivity contribution is -0.137. The summed E-state index contributed by atoms with van der Waals surface area (Å²) in [5.41, 5.74) is 0.581. The highest BCUT2D eigenvalue weighted by Gasteiger charge is 2.34. The van der Waals surface area contributed by atoms with Gasteiger partial charge < -0.3 is 10.2 Å². The van der Waals surface area contributed by atoms with E-state index >= 15 is 0 Å². The van der Waals surface area contributed by atoms with Crippen molar-refractivity contribution in [1.82, 2.24) is 4.90 Å². The first-order valence-corrected chi connectivity index (χ1v) is 9.07. The van der Waals surface area contributed by atoms with Crippen LogP contribution in [0.4, 0.5) is 18.9 Å². The molecule has 0 aromatic heterocycles. The molecule has 1 saturated heterocycles. The van der Waals surface area contributed by atoms with Crippen LogP contribution >= 0.6 is 0 Å². The van der Waals surface area contributed by atoms with Gasteiger partial charge in [0.05, 0.1) is 17.2 Å². The van der Waals surface area contributed by atoms with Crippen molar-refractivity contribution >= 4 is 5.69 Å². The second-order valence-corrected chi connectivity index (χ2v) is 6.94. The van der Waals surface area contributed by atoms with Crippen LogP contribution in [0.5, 0.6) is 0 Å². The van der Waals surface area contributed by atoms with E-state index in [0.29, 0.717) is 12.5 Å². The molecule has 2 aromatic rings. The van der Waals surface area contributed by atoms with Crippen molar-refractivity contribution in [2.75, 3.05) is 31.5 Å². The highest BCUT2D eigenvalue weighted by Crippen LogP contribution is 2.35. The van der Waals surface area contributed by atoms with Gasteiger partial charge in [0.2, 0.25) is 0 Å². The normalized spacial score (nSPS) is 17.6. The molecule has 2 aromatic carbocycles. The van der Waals surface area contributed by atoms with Gasteiger partial charge in [-0.05, 0) is 49.1 Å². The zero-order chi connectivity index (χ0) is 19.3. The minimum absolute atomic E-state index is 0.0147. The summed E-state index contributed by atoms with van der Waals surface area (Å²) in [4.78, 5) is 2.36. The van der Waals surface area contributed by atoms with Gasteiger partial charge in [0.1, 0.15) is 0 Å². The van der Waals surface area contributed by atoms with Crippen molar-refractivity contribution in [1.29, 1.82) is 5.26 Å². The first-order valence-electron chi connectivity index (χ1n) is 9.07. The molecule has 3 rings (SSSR count). The second-order valence-electron chi connectivity index (χ2n) is 6.94. The van der Waals surface area contributed by atoms with E-state index in [1.165, 1.54) is 17.7 Å². The third-order valence-corrected chi connectivity index (χ3v) is 4.96. The number of likely N-dealkylation sites (tertiary alicyclic amines) is 1. The molecule has 27 heavy (non-hydrogen) atoms. The smallest absolute Gasteiger partial charge is 0.384 e. The maximum atomic E-state index is 13.2. The van der Waals surface area contributed by atoms with Gasteiger partial charge in [0.25, 0.3) is 0 Å². The number of hydrogen-bond donors (Lipinski definition) is 1. The van der Waals surface area contributed by atoms with Crippen LogP contribution in [-0.2, 0) is 12.6 Å². The summed E-state index contributed by atoms with van der Waals surface area (Å²) >= 11 is 0. The Labute approximate surface area is 157 Å². The van der Waals surface area contributed by atoms with Gasteiger partial charge in [-0.15, -0.1) is 0 Å². The molecule has 1 heterocycles. The number of hydrogen-bond acceptors (Lipinski definition) is 3. The fourth-order valence-electron chi connectivity index (χ4n) is 3.47. The van der Waals surface area contributed by atoms with E-state index in [-0.39, 0.29) is 11.3 Å². The van der Waals surface area contributed by atoms with Gasteiger partial charge in [-0.2, -0.15) is 18.4 Å². The summed E-state index contributed by atoms with van der Waals surface area (Å²) in [5.74, 6) is 0.317. The molecular formula is C21H22F3N3. The van der Waals surface area contributed by atoms with E-state index < -0.39 is 11.7 Å². The molecule has 0 radical (unpaired) electrons. The van der Waals surface area contributed by atoms with Crippen LogP contribution in [0.2, 0.25) is 0 Å². The summed E-state index contributed by atoms with van der Waals surface area (Å²) in [6.45, 7) is 3.32. The largest absolute Gasteiger partial charge is 0.418 e. The van der Waals surface area contributed by atoms with Crippen LogP contribution in [0.15, 0.2) is 48.5 Å². The highest BCUT2D eigenvalue weighted by molar-refractivity contribution is 5.56. The molecule has 6 heteroatoms. The number of anilines is 1. The molecule has 1 fully saturated rings. The maximum absolute atomic E-state index is 13.2. The van der Waals surface area contributed by atoms with Crippen molar-refractivity contribution < 1.29 is 13.2 Å². The third-order valence-electron chi connectivity index (χ3n) is 4.96. The molecule has 0 aliphatic carbocycles. The Morgan fingerprint density at radius 3 is 2.63 bits per heavy atom. The van der Waals surface area contributed by atoms with Crippen LogP contribution in [0, 0.1) is 17.2 Å². The maximum Gasteiger partial charge on any atom is 0.418 e. The predicted octanol–water partition coefficient (Wildman–Crippen LogP) is 4.55. The fourth-order valence-corrected chi connectivity index (χ4v) is 3.47. The first-order chi connectivity index (χ1) is 13.0. The first kappa shape index (κ1) is 19.2. The summed E-state index contributed by atoms with van der Waals surface area (Å²) in [6.07, 6.45) is -2.53. The van der Waals surface area contributed by atoms with Crippen molar-refractivity contribution in [3.8, 4) is 6.07 Å². The van der Waals surface area contributed by atoms with E-state index in [1.807, 2.05) is 18.2 Å². The van der Waals surface area contributed by atoms with Crippen LogP contribution in [0.25, 0.3) is 0 Å². The van der Waals surface area contributed by atoms with Gasteiger partial charge in [0, 0.05) is 25.3 Å². The topological polar surface area (TPSA) is 39.1 Å². The zero-order valence-electron chi connectivity index (χ0n) is 15.0. The Morgan fingerprint density at radius 2 is 1.93 bits per heavy atom. The Hall–Kier alpha value is -2.52. The van der Waals surface area contributed by atoms with E-state index in [2.05, 4.69) is 22.3 Å². The fraction of sp³-hybridized carbons (Fsp3) is 0.381. The summed E-state index contributed by atoms with van der Waals surface area (Å²) in [6, 6.07) is 15.7. The molecule has 0 saturated carbocycles. The molecule has 1 aliphatic heterocycles. The average Bonchev–Trinajstić information content (AvgIpc) is 3.12. The lowest BCUT2D eigenvalue weighted by Crippen LogP contribution is -2.25. The van der Waals surface area contributed by atoms with E-state index in [0.717, 1.165) is 38.5 Å². The molecule has 1 unspecified atom stereocenters. The third kappa shape index (κ3) is 5.24. The predicted molar refractivity (Wildman–Crippen MR) is 99.3 cm³/mol. The molecule has 0 amide bonds. The Kier molecular flexibility index (Phi) is 6.02. The number of nitriles is 1. The van der Waals surface area contributed by atoms with Crippen LogP contribution in [-0.4, -0.2) is 31.1 Å². The number of halogens is 3. The highest BCUT2D eigenvalue weighted by atomic mass is 19.4. The molecule has 1 N–H and O–H groups in total. The van der Waals surface area contributed by atoms with Gasteiger partial charge in [-0.3, -0.25) is 0 Å². The molecule has 0 spiro atoms. The minimum Gasteiger partial charge on any atom is -0.384 e. The number of nitrogens with zero attached hydrogens (tertiary/aromatic N) is 2. The van der Waals surface area contributed by atoms with Gasteiger partial charge in [0.15, 0.2) is 0 Å². The minimum atomic E-state index is -4.48. The van der Waals surface area contributed by atoms with E-state index in [1.54, 1.807) is 6.07 Å². The number of benzene rings is 2. The van der Waals surface area contributed by atoms with Crippen molar-refractivity contribution in [2.24, 2.45) is 5.92 Å². The van der Waals surface area contributed by atoms with Gasteiger partial charge >= 0.3 is 6.18 Å². The standard InChI is InChI=1S/C21H22F3N3/c22-21(23,24)19-12-17(13-25)6-7-20(19)26-14-18-9-11-27(15-18)10-8-16-4-2-1-3-5-16/h1-7,12,18,26H,8-11,14-15H2. The SMILES string of the molecule is N#Cc1ccc(NCC2CCN(CCc3ccccc3)C2)c(C(F)(F)F)c1. The molecule has 3 nitrogen and oxygen atoms in total. The summed E-state index contributed by atoms with van der Waals surface area (Å²) < 4.78 is 39.7. The molecule has 1 aliphatic rings. The number of nitrogens with one attached hydrogen (secondary N) is 1. The summed E-state index contributed by atoms with van der Waals surface area (Å²) in [5, 5.41) is 11.8. The number of alkyl halides is 3. The molecule has 1 atom stereocenters. The Bertz CT molecular complexity index is 797. The van der Waals surface area contributed by atoms with E-state index in [4.69, 9.17) is 5.26 Å². The quantitative estimate of drug-likeness (QED) is 0.807. The lowest BCUT2D eigenvalue weighted by atomic mass is 10.1. The monoisotopic (exact) mass is 373 g/mol. The van der Waals surface area contributed by atoms with E-state index in [9.17, 15) is 13.2 Å². The van der Waals surface area contributed by atoms with Gasteiger partial charge in [-0.25, -0.2) is 0 Å². The van der Waals surface area contributed by atoms with Crippen molar-refractivity contribution in [3.63, 3.8) is 0 Å². The van der Waals surface area contributed by atoms with Crippen LogP contribution < -0.4 is 5.32 Å². The Morgan fingerprint density at radius 1 is 1.15 bits per heavy atom. The molecule has 142 valence electrons. The summed E-state index contributed by atoms with van der Waals surface area (Å²) in [7, 11) is 0. The molecule has 0 bridgehead atoms. The second kappa shape index (κ2) is 8.45. The average molecular weight is 373 g/mol. The van der Waals surface area contributed by atoms with Crippen molar-refractivity contribution in [3.05, 3.63) is 65.2 Å². The number of rotatable bonds is 6. The zero-order valence-corrected chi connectivity index (χ0v) is 15.0. The van der Waals surface area contributed by atoms with Gasteiger partial charge in [-0.1, -0.05) is 30.3 Å². The lowest BCUT2D eigenvalue weighted by Gasteiger charge is -2.18. The van der Waals surface area contributed by atoms with Crippen LogP contribution in [0.1, 0.15) is 23.1 Å². The van der Waals surface area contributed by atoms with Crippen molar-refractivity contribution in [2.45, 2.75) is 19.0 Å².